The van der Waals surface area contributed by atoms with E-state index in [4.69, 9.17) is 33.7 Å². The van der Waals surface area contributed by atoms with Crippen LogP contribution in [0.3, 0.4) is 0 Å². The van der Waals surface area contributed by atoms with Gasteiger partial charge in [0.15, 0.2) is 0 Å². The summed E-state index contributed by atoms with van der Waals surface area (Å²) in [7, 11) is 0. The molecule has 0 aliphatic carbocycles. The summed E-state index contributed by atoms with van der Waals surface area (Å²) in [5.41, 5.74) is 7.61. The molecule has 1 saturated heterocycles. The molecule has 1 aromatic carbocycles. The van der Waals surface area contributed by atoms with Crippen LogP contribution in [0.4, 0.5) is 0 Å². The van der Waals surface area contributed by atoms with Crippen molar-refractivity contribution in [1.82, 2.24) is 4.90 Å². The fourth-order valence-electron chi connectivity index (χ4n) is 3.02. The summed E-state index contributed by atoms with van der Waals surface area (Å²) in [4.78, 5) is 14.6. The number of carbonyl (C=O) groups is 1. The highest BCUT2D eigenvalue weighted by Gasteiger charge is 2.39. The Morgan fingerprint density at radius 1 is 1.27 bits per heavy atom. The summed E-state index contributed by atoms with van der Waals surface area (Å²) < 4.78 is 5.30. The van der Waals surface area contributed by atoms with Gasteiger partial charge in [-0.3, -0.25) is 4.79 Å². The third-order valence-electron chi connectivity index (χ3n) is 4.38. The maximum atomic E-state index is 12.7. The minimum atomic E-state index is -0.786. The van der Waals surface area contributed by atoms with Crippen LogP contribution in [0.1, 0.15) is 24.0 Å². The molecule has 2 heterocycles. The average Bonchev–Trinajstić information content (AvgIpc) is 2.51. The van der Waals surface area contributed by atoms with E-state index in [1.807, 2.05) is 11.0 Å². The lowest BCUT2D eigenvalue weighted by Crippen LogP contribution is -2.58. The van der Waals surface area contributed by atoms with Crippen LogP contribution in [0.5, 0.6) is 0 Å². The number of carbonyl (C=O) groups excluding carboxylic acids is 1. The van der Waals surface area contributed by atoms with Crippen molar-refractivity contribution < 1.29 is 9.53 Å². The first-order valence-electron chi connectivity index (χ1n) is 7.13. The molecule has 1 aromatic rings. The minimum Gasteiger partial charge on any atom is -0.381 e. The van der Waals surface area contributed by atoms with Crippen LogP contribution >= 0.6 is 35.6 Å². The Morgan fingerprint density at radius 3 is 2.64 bits per heavy atom. The normalized spacial score (nSPS) is 20.0. The molecule has 0 spiro atoms. The van der Waals surface area contributed by atoms with Crippen LogP contribution in [0.15, 0.2) is 12.1 Å². The van der Waals surface area contributed by atoms with E-state index in [-0.39, 0.29) is 18.3 Å². The Morgan fingerprint density at radius 2 is 1.95 bits per heavy atom. The van der Waals surface area contributed by atoms with Crippen LogP contribution < -0.4 is 5.73 Å². The first kappa shape index (κ1) is 17.8. The number of nitrogens with two attached hydrogens (primary N) is 1. The van der Waals surface area contributed by atoms with E-state index >= 15 is 0 Å². The number of hydrogen-bond acceptors (Lipinski definition) is 3. The quantitative estimate of drug-likeness (QED) is 0.832. The molecule has 1 fully saturated rings. The third-order valence-corrected chi connectivity index (χ3v) is 5.23. The van der Waals surface area contributed by atoms with Crippen LogP contribution in [-0.4, -0.2) is 36.1 Å². The molecule has 2 N–H and O–H groups in total. The molecule has 2 aliphatic heterocycles. The van der Waals surface area contributed by atoms with Crippen LogP contribution in [-0.2, 0) is 22.5 Å². The molecule has 1 amide bonds. The molecule has 0 bridgehead atoms. The van der Waals surface area contributed by atoms with Gasteiger partial charge in [0.25, 0.3) is 0 Å². The number of rotatable bonds is 1. The lowest BCUT2D eigenvalue weighted by Gasteiger charge is -2.39. The minimum absolute atomic E-state index is 0. The van der Waals surface area contributed by atoms with Gasteiger partial charge in [-0.15, -0.1) is 12.4 Å². The van der Waals surface area contributed by atoms with Crippen molar-refractivity contribution >= 4 is 41.5 Å². The Balaban J connectivity index is 0.00000176. The fraction of sp³-hybridized carbons (Fsp3) is 0.533. The molecular formula is C15H19Cl3N2O2. The number of hydrogen-bond donors (Lipinski definition) is 1. The lowest BCUT2D eigenvalue weighted by molar-refractivity contribution is -0.141. The number of fused-ring (bicyclic) bond motifs is 1. The van der Waals surface area contributed by atoms with Gasteiger partial charge in [0.05, 0.1) is 15.6 Å². The van der Waals surface area contributed by atoms with Gasteiger partial charge < -0.3 is 15.4 Å². The van der Waals surface area contributed by atoms with Crippen LogP contribution in [0.2, 0.25) is 10.0 Å². The highest BCUT2D eigenvalue weighted by atomic mass is 35.5. The molecule has 0 saturated carbocycles. The molecular weight excluding hydrogens is 347 g/mol. The van der Waals surface area contributed by atoms with E-state index in [1.165, 1.54) is 0 Å². The Hall–Kier alpha value is -0.520. The number of amides is 1. The zero-order valence-electron chi connectivity index (χ0n) is 12.1. The standard InChI is InChI=1S/C15H18Cl2N2O2.ClH/c16-12-2-1-10-9-19(6-3-11(10)13(12)17)14(20)15(18)4-7-21-8-5-15;/h1-2H,3-9,18H2;1H. The summed E-state index contributed by atoms with van der Waals surface area (Å²) in [6.07, 6.45) is 1.88. The predicted molar refractivity (Wildman–Crippen MR) is 89.8 cm³/mol. The first-order valence-corrected chi connectivity index (χ1v) is 7.89. The zero-order chi connectivity index (χ0) is 15.0. The van der Waals surface area contributed by atoms with E-state index in [0.717, 1.165) is 11.1 Å². The van der Waals surface area contributed by atoms with Gasteiger partial charge in [0.2, 0.25) is 5.91 Å². The predicted octanol–water partition coefficient (Wildman–Crippen LogP) is 2.81. The van der Waals surface area contributed by atoms with Crippen molar-refractivity contribution in [2.75, 3.05) is 19.8 Å². The molecule has 0 radical (unpaired) electrons. The van der Waals surface area contributed by atoms with Gasteiger partial charge in [-0.1, -0.05) is 29.3 Å². The number of benzene rings is 1. The SMILES string of the molecule is Cl.NC1(C(=O)N2CCc3c(ccc(Cl)c3Cl)C2)CCOCC1. The highest BCUT2D eigenvalue weighted by molar-refractivity contribution is 6.42. The van der Waals surface area contributed by atoms with E-state index in [1.54, 1.807) is 6.07 Å². The monoisotopic (exact) mass is 364 g/mol. The van der Waals surface area contributed by atoms with E-state index in [9.17, 15) is 4.79 Å². The van der Waals surface area contributed by atoms with Crippen LogP contribution in [0.25, 0.3) is 0 Å². The van der Waals surface area contributed by atoms with Gasteiger partial charge >= 0.3 is 0 Å². The van der Waals surface area contributed by atoms with Gasteiger partial charge in [0, 0.05) is 26.3 Å². The second-order valence-electron chi connectivity index (χ2n) is 5.74. The topological polar surface area (TPSA) is 55.6 Å². The Labute approximate surface area is 146 Å². The van der Waals surface area contributed by atoms with Gasteiger partial charge in [-0.05, 0) is 36.5 Å². The first-order chi connectivity index (χ1) is 10.0. The van der Waals surface area contributed by atoms with Crippen molar-refractivity contribution in [2.45, 2.75) is 31.3 Å². The van der Waals surface area contributed by atoms with Crippen molar-refractivity contribution in [1.29, 1.82) is 0 Å². The molecule has 0 aromatic heterocycles. The molecule has 122 valence electrons. The fourth-order valence-corrected chi connectivity index (χ4v) is 3.48. The molecule has 22 heavy (non-hydrogen) atoms. The molecule has 3 rings (SSSR count). The van der Waals surface area contributed by atoms with Crippen molar-refractivity contribution in [2.24, 2.45) is 5.73 Å². The Bertz CT molecular complexity index is 574. The van der Waals surface area contributed by atoms with Crippen molar-refractivity contribution in [3.8, 4) is 0 Å². The maximum absolute atomic E-state index is 12.7. The number of halogens is 3. The second kappa shape index (κ2) is 6.93. The lowest BCUT2D eigenvalue weighted by atomic mass is 9.88. The van der Waals surface area contributed by atoms with Crippen molar-refractivity contribution in [3.05, 3.63) is 33.3 Å². The van der Waals surface area contributed by atoms with Crippen LogP contribution in [0, 0.1) is 0 Å². The van der Waals surface area contributed by atoms with E-state index in [0.29, 0.717) is 55.6 Å². The maximum Gasteiger partial charge on any atom is 0.243 e. The smallest absolute Gasteiger partial charge is 0.243 e. The van der Waals surface area contributed by atoms with Gasteiger partial charge in [0.1, 0.15) is 0 Å². The summed E-state index contributed by atoms with van der Waals surface area (Å²) in [5, 5.41) is 1.17. The molecule has 0 atom stereocenters. The Kier molecular flexibility index (Phi) is 5.62. The average molecular weight is 366 g/mol. The van der Waals surface area contributed by atoms with E-state index in [2.05, 4.69) is 0 Å². The third kappa shape index (κ3) is 3.22. The highest BCUT2D eigenvalue weighted by Crippen LogP contribution is 2.33. The summed E-state index contributed by atoms with van der Waals surface area (Å²) in [6, 6.07) is 3.72. The molecule has 4 nitrogen and oxygen atoms in total. The number of nitrogens with zero attached hydrogens (tertiary/aromatic N) is 1. The largest absolute Gasteiger partial charge is 0.381 e. The molecule has 2 aliphatic rings. The second-order valence-corrected chi connectivity index (χ2v) is 6.53. The van der Waals surface area contributed by atoms with Crippen molar-refractivity contribution in [3.63, 3.8) is 0 Å². The molecule has 7 heteroatoms. The summed E-state index contributed by atoms with van der Waals surface area (Å²) in [6.45, 7) is 2.28. The molecule has 0 unspecified atom stereocenters. The van der Waals surface area contributed by atoms with Gasteiger partial charge in [-0.25, -0.2) is 0 Å². The number of ether oxygens (including phenoxy) is 1. The summed E-state index contributed by atoms with van der Waals surface area (Å²) >= 11 is 12.3. The van der Waals surface area contributed by atoms with Gasteiger partial charge in [-0.2, -0.15) is 0 Å². The van der Waals surface area contributed by atoms with E-state index < -0.39 is 5.54 Å². The zero-order valence-corrected chi connectivity index (χ0v) is 14.4. The summed E-state index contributed by atoms with van der Waals surface area (Å²) in [5.74, 6) is 0.0162.